The minimum atomic E-state index is -0.413. The number of halogens is 3. The Bertz CT molecular complexity index is 543. The highest BCUT2D eigenvalue weighted by Crippen LogP contribution is 2.28. The number of thioether (sulfide) groups is 1. The van der Waals surface area contributed by atoms with Gasteiger partial charge in [0.25, 0.3) is 0 Å². The average Bonchev–Trinajstić information content (AvgIpc) is 2.98. The maximum atomic E-state index is 13.6. The van der Waals surface area contributed by atoms with Crippen LogP contribution in [0.4, 0.5) is 8.78 Å². The van der Waals surface area contributed by atoms with Crippen LogP contribution in [-0.4, -0.2) is 36.6 Å². The summed E-state index contributed by atoms with van der Waals surface area (Å²) in [7, 11) is 0. The molecule has 2 rings (SSSR count). The molecule has 1 aromatic rings. The van der Waals surface area contributed by atoms with Crippen molar-refractivity contribution in [3.8, 4) is 0 Å². The molecule has 0 bridgehead atoms. The molecule has 0 saturated heterocycles. The minimum Gasteiger partial charge on any atom is -0.357 e. The number of hydrogen-bond donors (Lipinski definition) is 2. The molecule has 1 aromatic carbocycles. The molecule has 1 aliphatic rings. The van der Waals surface area contributed by atoms with Gasteiger partial charge in [-0.1, -0.05) is 0 Å². The molecule has 2 atom stereocenters. The molecule has 0 aliphatic heterocycles. The second-order valence-corrected chi connectivity index (χ2v) is 6.90. The highest BCUT2D eigenvalue weighted by Gasteiger charge is 2.24. The van der Waals surface area contributed by atoms with Gasteiger partial charge in [-0.25, -0.2) is 8.78 Å². The van der Waals surface area contributed by atoms with Gasteiger partial charge in [-0.3, -0.25) is 4.99 Å². The summed E-state index contributed by atoms with van der Waals surface area (Å²) in [4.78, 5) is 4.49. The second-order valence-electron chi connectivity index (χ2n) is 5.76. The predicted molar refractivity (Wildman–Crippen MR) is 110 cm³/mol. The minimum absolute atomic E-state index is 0. The Labute approximate surface area is 164 Å². The van der Waals surface area contributed by atoms with Crippen LogP contribution in [0.15, 0.2) is 23.2 Å². The molecular formula is C17H26F2IN3S. The zero-order valence-corrected chi connectivity index (χ0v) is 17.3. The van der Waals surface area contributed by atoms with Crippen LogP contribution in [0.1, 0.15) is 31.7 Å². The Morgan fingerprint density at radius 1 is 1.33 bits per heavy atom. The first-order valence-corrected chi connectivity index (χ1v) is 9.42. The molecule has 2 unspecified atom stereocenters. The lowest BCUT2D eigenvalue weighted by Gasteiger charge is -2.17. The van der Waals surface area contributed by atoms with Crippen LogP contribution in [0.5, 0.6) is 0 Å². The van der Waals surface area contributed by atoms with Gasteiger partial charge in [0, 0.05) is 24.4 Å². The van der Waals surface area contributed by atoms with Gasteiger partial charge in [-0.2, -0.15) is 11.8 Å². The molecule has 1 fully saturated rings. The van der Waals surface area contributed by atoms with Crippen LogP contribution in [0.25, 0.3) is 0 Å². The summed E-state index contributed by atoms with van der Waals surface area (Å²) in [6.07, 6.45) is 6.06. The van der Waals surface area contributed by atoms with Crippen molar-refractivity contribution in [2.75, 3.05) is 19.3 Å². The van der Waals surface area contributed by atoms with E-state index in [1.165, 1.54) is 18.6 Å². The summed E-state index contributed by atoms with van der Waals surface area (Å²) < 4.78 is 26.8. The lowest BCUT2D eigenvalue weighted by molar-refractivity contribution is 0.584. The third kappa shape index (κ3) is 6.74. The van der Waals surface area contributed by atoms with E-state index in [0.29, 0.717) is 24.6 Å². The Kier molecular flexibility index (Phi) is 9.95. The molecule has 0 spiro atoms. The second kappa shape index (κ2) is 11.1. The Hall–Kier alpha value is -0.570. The topological polar surface area (TPSA) is 36.4 Å². The first kappa shape index (κ1) is 21.5. The van der Waals surface area contributed by atoms with Gasteiger partial charge < -0.3 is 10.6 Å². The quantitative estimate of drug-likeness (QED) is 0.376. The van der Waals surface area contributed by atoms with Gasteiger partial charge in [0.2, 0.25) is 0 Å². The SMILES string of the molecule is CCNC(=NCCc1cc(F)ccc1F)NC1CCC(SC)C1.I. The molecule has 24 heavy (non-hydrogen) atoms. The van der Waals surface area contributed by atoms with E-state index >= 15 is 0 Å². The fourth-order valence-corrected chi connectivity index (χ4v) is 3.62. The lowest BCUT2D eigenvalue weighted by atomic mass is 10.1. The van der Waals surface area contributed by atoms with Crippen LogP contribution >= 0.6 is 35.7 Å². The molecule has 0 aromatic heterocycles. The number of nitrogens with zero attached hydrogens (tertiary/aromatic N) is 1. The van der Waals surface area contributed by atoms with E-state index in [4.69, 9.17) is 0 Å². The average molecular weight is 469 g/mol. The van der Waals surface area contributed by atoms with Crippen molar-refractivity contribution < 1.29 is 8.78 Å². The Morgan fingerprint density at radius 2 is 2.12 bits per heavy atom. The highest BCUT2D eigenvalue weighted by atomic mass is 127. The van der Waals surface area contributed by atoms with Gasteiger partial charge in [-0.15, -0.1) is 24.0 Å². The molecule has 0 amide bonds. The molecule has 1 saturated carbocycles. The lowest BCUT2D eigenvalue weighted by Crippen LogP contribution is -2.42. The van der Waals surface area contributed by atoms with E-state index in [1.807, 2.05) is 18.7 Å². The molecule has 2 N–H and O–H groups in total. The van der Waals surface area contributed by atoms with Crippen LogP contribution in [0.2, 0.25) is 0 Å². The van der Waals surface area contributed by atoms with Gasteiger partial charge in [0.1, 0.15) is 11.6 Å². The first-order chi connectivity index (χ1) is 11.1. The van der Waals surface area contributed by atoms with Crippen molar-refractivity contribution in [3.05, 3.63) is 35.4 Å². The van der Waals surface area contributed by atoms with Gasteiger partial charge >= 0.3 is 0 Å². The number of aliphatic imine (C=N–C) groups is 1. The maximum absolute atomic E-state index is 13.6. The maximum Gasteiger partial charge on any atom is 0.191 e. The summed E-state index contributed by atoms with van der Waals surface area (Å²) >= 11 is 1.92. The fraction of sp³-hybridized carbons (Fsp3) is 0.588. The van der Waals surface area contributed by atoms with E-state index < -0.39 is 5.82 Å². The fourth-order valence-electron chi connectivity index (χ4n) is 2.82. The first-order valence-electron chi connectivity index (χ1n) is 8.14. The van der Waals surface area contributed by atoms with Crippen molar-refractivity contribution in [1.29, 1.82) is 0 Å². The normalized spacial score (nSPS) is 20.6. The van der Waals surface area contributed by atoms with E-state index in [0.717, 1.165) is 36.7 Å². The van der Waals surface area contributed by atoms with Crippen molar-refractivity contribution >= 4 is 41.7 Å². The van der Waals surface area contributed by atoms with Crippen molar-refractivity contribution in [2.24, 2.45) is 4.99 Å². The number of guanidine groups is 1. The Morgan fingerprint density at radius 3 is 2.79 bits per heavy atom. The van der Waals surface area contributed by atoms with Crippen LogP contribution in [0, 0.1) is 11.6 Å². The van der Waals surface area contributed by atoms with E-state index in [2.05, 4.69) is 21.9 Å². The molecule has 136 valence electrons. The van der Waals surface area contributed by atoms with Crippen LogP contribution < -0.4 is 10.6 Å². The zero-order valence-electron chi connectivity index (χ0n) is 14.1. The number of rotatable bonds is 6. The summed E-state index contributed by atoms with van der Waals surface area (Å²) in [6.45, 7) is 3.22. The number of benzene rings is 1. The monoisotopic (exact) mass is 469 g/mol. The van der Waals surface area contributed by atoms with E-state index in [9.17, 15) is 8.78 Å². The van der Waals surface area contributed by atoms with Crippen molar-refractivity contribution in [3.63, 3.8) is 0 Å². The van der Waals surface area contributed by atoms with Gasteiger partial charge in [-0.05, 0) is 62.6 Å². The molecule has 0 heterocycles. The molecule has 1 aliphatic carbocycles. The molecular weight excluding hydrogens is 443 g/mol. The standard InChI is InChI=1S/C17H25F2N3S.HI/c1-3-20-17(22-14-5-6-15(11-14)23-2)21-9-8-12-10-13(18)4-7-16(12)19;/h4,7,10,14-15H,3,5-6,8-9,11H2,1-2H3,(H2,20,21,22);1H. The highest BCUT2D eigenvalue weighted by molar-refractivity contribution is 14.0. The summed E-state index contributed by atoms with van der Waals surface area (Å²) in [6, 6.07) is 3.98. The van der Waals surface area contributed by atoms with Crippen LogP contribution in [0.3, 0.4) is 0 Å². The number of nitrogens with one attached hydrogen (secondary N) is 2. The van der Waals surface area contributed by atoms with Crippen molar-refractivity contribution in [1.82, 2.24) is 10.6 Å². The summed E-state index contributed by atoms with van der Waals surface area (Å²) in [5.41, 5.74) is 0.368. The Balaban J connectivity index is 0.00000288. The molecule has 3 nitrogen and oxygen atoms in total. The van der Waals surface area contributed by atoms with Crippen molar-refractivity contribution in [2.45, 2.75) is 43.9 Å². The van der Waals surface area contributed by atoms with E-state index in [-0.39, 0.29) is 29.8 Å². The predicted octanol–water partition coefficient (Wildman–Crippen LogP) is 3.96. The van der Waals surface area contributed by atoms with E-state index in [1.54, 1.807) is 0 Å². The van der Waals surface area contributed by atoms with Crippen LogP contribution in [-0.2, 0) is 6.42 Å². The third-order valence-electron chi connectivity index (χ3n) is 4.06. The smallest absolute Gasteiger partial charge is 0.191 e. The zero-order chi connectivity index (χ0) is 16.7. The number of hydrogen-bond acceptors (Lipinski definition) is 2. The molecule has 7 heteroatoms. The molecule has 0 radical (unpaired) electrons. The summed E-state index contributed by atoms with van der Waals surface area (Å²) in [5.74, 6) is -0.0290. The largest absolute Gasteiger partial charge is 0.357 e. The van der Waals surface area contributed by atoms with Gasteiger partial charge in [0.15, 0.2) is 5.96 Å². The summed E-state index contributed by atoms with van der Waals surface area (Å²) in [5, 5.41) is 7.39. The third-order valence-corrected chi connectivity index (χ3v) is 5.16. The van der Waals surface area contributed by atoms with Gasteiger partial charge in [0.05, 0.1) is 0 Å².